The van der Waals surface area contributed by atoms with Gasteiger partial charge in [-0.2, -0.15) is 0 Å². The van der Waals surface area contributed by atoms with Crippen LogP contribution in [0.15, 0.2) is 18.2 Å². The average Bonchev–Trinajstić information content (AvgIpc) is 2.77. The fourth-order valence-corrected chi connectivity index (χ4v) is 2.03. The highest BCUT2D eigenvalue weighted by molar-refractivity contribution is 5.40. The van der Waals surface area contributed by atoms with Crippen LogP contribution in [0.5, 0.6) is 5.75 Å². The van der Waals surface area contributed by atoms with E-state index in [-0.39, 0.29) is 12.6 Å². The molecule has 0 fully saturated rings. The standard InChI is InChI=1S/C13H19NO2/c1-2-6-14-12(9-15)10-3-4-13-11(8-10)5-7-16-13/h3-4,8,12,14-15H,2,5-7,9H2,1H3. The Morgan fingerprint density at radius 3 is 3.12 bits per heavy atom. The molecule has 1 aliphatic rings. The number of aliphatic hydroxyl groups is 1. The molecule has 0 saturated heterocycles. The topological polar surface area (TPSA) is 41.5 Å². The van der Waals surface area contributed by atoms with Crippen LogP contribution in [0, 0.1) is 0 Å². The molecule has 0 aliphatic carbocycles. The van der Waals surface area contributed by atoms with E-state index in [2.05, 4.69) is 18.3 Å². The van der Waals surface area contributed by atoms with Gasteiger partial charge in [-0.15, -0.1) is 0 Å². The largest absolute Gasteiger partial charge is 0.493 e. The molecule has 0 saturated carbocycles. The van der Waals surface area contributed by atoms with E-state index in [1.165, 1.54) is 5.56 Å². The number of nitrogens with one attached hydrogen (secondary N) is 1. The van der Waals surface area contributed by atoms with Crippen molar-refractivity contribution >= 4 is 0 Å². The van der Waals surface area contributed by atoms with Gasteiger partial charge in [0.15, 0.2) is 0 Å². The summed E-state index contributed by atoms with van der Waals surface area (Å²) in [5.41, 5.74) is 2.41. The fourth-order valence-electron chi connectivity index (χ4n) is 2.03. The first-order chi connectivity index (χ1) is 7.85. The molecular weight excluding hydrogens is 202 g/mol. The van der Waals surface area contributed by atoms with Crippen LogP contribution in [-0.2, 0) is 6.42 Å². The molecule has 0 radical (unpaired) electrons. The van der Waals surface area contributed by atoms with Crippen molar-refractivity contribution in [2.45, 2.75) is 25.8 Å². The number of hydrogen-bond donors (Lipinski definition) is 2. The number of fused-ring (bicyclic) bond motifs is 1. The summed E-state index contributed by atoms with van der Waals surface area (Å²) < 4.78 is 5.47. The van der Waals surface area contributed by atoms with Gasteiger partial charge in [0.1, 0.15) is 5.75 Å². The molecule has 1 atom stereocenters. The van der Waals surface area contributed by atoms with Gasteiger partial charge >= 0.3 is 0 Å². The highest BCUT2D eigenvalue weighted by atomic mass is 16.5. The van der Waals surface area contributed by atoms with E-state index in [9.17, 15) is 5.11 Å². The third-order valence-electron chi connectivity index (χ3n) is 2.94. The molecular formula is C13H19NO2. The zero-order chi connectivity index (χ0) is 11.4. The van der Waals surface area contributed by atoms with Gasteiger partial charge in [0.25, 0.3) is 0 Å². The van der Waals surface area contributed by atoms with Crippen molar-refractivity contribution in [3.05, 3.63) is 29.3 Å². The quantitative estimate of drug-likeness (QED) is 0.794. The van der Waals surface area contributed by atoms with Crippen molar-refractivity contribution in [2.75, 3.05) is 19.8 Å². The second kappa shape index (κ2) is 5.32. The zero-order valence-corrected chi connectivity index (χ0v) is 9.70. The lowest BCUT2D eigenvalue weighted by Gasteiger charge is -2.16. The van der Waals surface area contributed by atoms with Crippen LogP contribution in [0.2, 0.25) is 0 Å². The Morgan fingerprint density at radius 1 is 1.50 bits per heavy atom. The molecule has 2 N–H and O–H groups in total. The Labute approximate surface area is 96.4 Å². The molecule has 16 heavy (non-hydrogen) atoms. The maximum atomic E-state index is 9.36. The average molecular weight is 221 g/mol. The maximum absolute atomic E-state index is 9.36. The van der Waals surface area contributed by atoms with E-state index >= 15 is 0 Å². The highest BCUT2D eigenvalue weighted by Gasteiger charge is 2.15. The first-order valence-corrected chi connectivity index (χ1v) is 5.95. The van der Waals surface area contributed by atoms with E-state index in [4.69, 9.17) is 4.74 Å². The third-order valence-corrected chi connectivity index (χ3v) is 2.94. The minimum absolute atomic E-state index is 0.0471. The van der Waals surface area contributed by atoms with Crippen molar-refractivity contribution < 1.29 is 9.84 Å². The number of benzene rings is 1. The molecule has 1 aliphatic heterocycles. The molecule has 0 bridgehead atoms. The molecule has 88 valence electrons. The lowest BCUT2D eigenvalue weighted by Crippen LogP contribution is -2.25. The van der Waals surface area contributed by atoms with Gasteiger partial charge in [-0.3, -0.25) is 0 Å². The SMILES string of the molecule is CCCNC(CO)c1ccc2c(c1)CCO2. The predicted molar refractivity (Wildman–Crippen MR) is 63.8 cm³/mol. The number of aliphatic hydroxyl groups excluding tert-OH is 1. The van der Waals surface area contributed by atoms with E-state index in [1.54, 1.807) is 0 Å². The summed E-state index contributed by atoms with van der Waals surface area (Å²) in [6.45, 7) is 3.97. The summed E-state index contributed by atoms with van der Waals surface area (Å²) in [5.74, 6) is 0.996. The molecule has 3 nitrogen and oxygen atoms in total. The summed E-state index contributed by atoms with van der Waals surface area (Å²) in [4.78, 5) is 0. The molecule has 1 aromatic rings. The second-order valence-electron chi connectivity index (χ2n) is 4.15. The second-order valence-corrected chi connectivity index (χ2v) is 4.15. The Hall–Kier alpha value is -1.06. The van der Waals surface area contributed by atoms with Crippen molar-refractivity contribution in [3.63, 3.8) is 0 Å². The van der Waals surface area contributed by atoms with Gasteiger partial charge in [0.2, 0.25) is 0 Å². The van der Waals surface area contributed by atoms with E-state index in [1.807, 2.05) is 12.1 Å². The molecule has 0 aromatic heterocycles. The van der Waals surface area contributed by atoms with Crippen LogP contribution < -0.4 is 10.1 Å². The summed E-state index contributed by atoms with van der Waals surface area (Å²) in [5, 5.41) is 12.7. The van der Waals surface area contributed by atoms with Gasteiger partial charge in [0.05, 0.1) is 19.3 Å². The Kier molecular flexibility index (Phi) is 3.80. The summed E-state index contributed by atoms with van der Waals surface area (Å²) in [6.07, 6.45) is 2.06. The molecule has 0 spiro atoms. The van der Waals surface area contributed by atoms with Crippen LogP contribution >= 0.6 is 0 Å². The van der Waals surface area contributed by atoms with Crippen LogP contribution in [0.25, 0.3) is 0 Å². The van der Waals surface area contributed by atoms with Crippen LogP contribution in [-0.4, -0.2) is 24.9 Å². The fraction of sp³-hybridized carbons (Fsp3) is 0.538. The van der Waals surface area contributed by atoms with Crippen LogP contribution in [0.4, 0.5) is 0 Å². The Morgan fingerprint density at radius 2 is 2.38 bits per heavy atom. The molecule has 1 heterocycles. The van der Waals surface area contributed by atoms with Crippen LogP contribution in [0.3, 0.4) is 0 Å². The normalized spacial score (nSPS) is 15.6. The minimum atomic E-state index is 0.0471. The predicted octanol–water partition coefficient (Wildman–Crippen LogP) is 1.65. The maximum Gasteiger partial charge on any atom is 0.122 e. The first kappa shape index (κ1) is 11.4. The van der Waals surface area contributed by atoms with Gasteiger partial charge < -0.3 is 15.2 Å². The minimum Gasteiger partial charge on any atom is -0.493 e. The van der Waals surface area contributed by atoms with E-state index in [0.29, 0.717) is 0 Å². The number of hydrogen-bond acceptors (Lipinski definition) is 3. The molecule has 1 unspecified atom stereocenters. The zero-order valence-electron chi connectivity index (χ0n) is 9.70. The molecule has 2 rings (SSSR count). The van der Waals surface area contributed by atoms with Crippen molar-refractivity contribution in [1.29, 1.82) is 0 Å². The lowest BCUT2D eigenvalue weighted by molar-refractivity contribution is 0.245. The molecule has 0 amide bonds. The smallest absolute Gasteiger partial charge is 0.122 e. The number of ether oxygens (including phenoxy) is 1. The van der Waals surface area contributed by atoms with Gasteiger partial charge in [0, 0.05) is 6.42 Å². The van der Waals surface area contributed by atoms with Crippen molar-refractivity contribution in [2.24, 2.45) is 0 Å². The van der Waals surface area contributed by atoms with E-state index < -0.39 is 0 Å². The molecule has 3 heteroatoms. The summed E-state index contributed by atoms with van der Waals surface area (Å²) in [7, 11) is 0. The van der Waals surface area contributed by atoms with Gasteiger partial charge in [-0.1, -0.05) is 19.1 Å². The van der Waals surface area contributed by atoms with Gasteiger partial charge in [-0.25, -0.2) is 0 Å². The monoisotopic (exact) mass is 221 g/mol. The summed E-state index contributed by atoms with van der Waals surface area (Å²) in [6, 6.07) is 6.24. The summed E-state index contributed by atoms with van der Waals surface area (Å²) >= 11 is 0. The lowest BCUT2D eigenvalue weighted by atomic mass is 10.0. The number of rotatable bonds is 5. The van der Waals surface area contributed by atoms with Crippen molar-refractivity contribution in [1.82, 2.24) is 5.32 Å². The van der Waals surface area contributed by atoms with Crippen LogP contribution in [0.1, 0.15) is 30.5 Å². The van der Waals surface area contributed by atoms with Gasteiger partial charge in [-0.05, 0) is 30.2 Å². The third kappa shape index (κ3) is 2.36. The highest BCUT2D eigenvalue weighted by Crippen LogP contribution is 2.28. The first-order valence-electron chi connectivity index (χ1n) is 5.95. The Bertz CT molecular complexity index is 352. The van der Waals surface area contributed by atoms with E-state index in [0.717, 1.165) is 37.3 Å². The van der Waals surface area contributed by atoms with Crippen molar-refractivity contribution in [3.8, 4) is 5.75 Å². The molecule has 1 aromatic carbocycles. The Balaban J connectivity index is 2.12.